The van der Waals surface area contributed by atoms with Gasteiger partial charge in [-0.2, -0.15) is 4.98 Å². The molecule has 1 amide bonds. The Morgan fingerprint density at radius 3 is 2.53 bits per heavy atom. The van der Waals surface area contributed by atoms with Crippen molar-refractivity contribution in [3.63, 3.8) is 0 Å². The lowest BCUT2D eigenvalue weighted by Crippen LogP contribution is -2.44. The maximum atomic E-state index is 12.8. The van der Waals surface area contributed by atoms with Crippen molar-refractivity contribution in [2.75, 3.05) is 19.8 Å². The molecule has 2 rings (SSSR count). The van der Waals surface area contributed by atoms with Gasteiger partial charge in [0.2, 0.25) is 11.7 Å². The molecule has 1 aliphatic heterocycles. The highest BCUT2D eigenvalue weighted by molar-refractivity contribution is 5.69. The van der Waals surface area contributed by atoms with Gasteiger partial charge in [-0.25, -0.2) is 4.79 Å². The fourth-order valence-corrected chi connectivity index (χ4v) is 3.43. The molecule has 3 unspecified atom stereocenters. The molecule has 1 aromatic rings. The average molecular weight is 456 g/mol. The molecule has 0 aliphatic carbocycles. The van der Waals surface area contributed by atoms with Gasteiger partial charge >= 0.3 is 12.1 Å². The molecular formula is C22H37N3O7. The molecule has 0 radical (unpaired) electrons. The number of carbonyl (C=O) groups excluding carboxylic acids is 2. The van der Waals surface area contributed by atoms with Gasteiger partial charge in [0.05, 0.1) is 11.5 Å². The Morgan fingerprint density at radius 2 is 1.94 bits per heavy atom. The summed E-state index contributed by atoms with van der Waals surface area (Å²) in [5, 5.41) is 4.15. The lowest BCUT2D eigenvalue weighted by atomic mass is 9.95. The van der Waals surface area contributed by atoms with E-state index in [-0.39, 0.29) is 18.6 Å². The number of likely N-dealkylation sites (tertiary alicyclic amines) is 1. The van der Waals surface area contributed by atoms with Crippen molar-refractivity contribution in [2.24, 2.45) is 0 Å². The Morgan fingerprint density at radius 1 is 1.25 bits per heavy atom. The Bertz CT molecular complexity index is 772. The minimum atomic E-state index is -0.687. The van der Waals surface area contributed by atoms with Gasteiger partial charge in [0.15, 0.2) is 6.29 Å². The van der Waals surface area contributed by atoms with E-state index in [9.17, 15) is 9.59 Å². The van der Waals surface area contributed by atoms with Crippen LogP contribution in [0.15, 0.2) is 4.52 Å². The van der Waals surface area contributed by atoms with E-state index >= 15 is 0 Å². The summed E-state index contributed by atoms with van der Waals surface area (Å²) < 4.78 is 28.0. The zero-order valence-corrected chi connectivity index (χ0v) is 20.5. The standard InChI is InChI=1S/C22H37N3O7/c1-9-28-15(3)30-17(16-11-10-12-25(16)20(27)31-21(4,5)6)18-23-19(32-24-18)22(7,8)13-29-14(2)26/h15-17H,9-13H2,1-8H3. The van der Waals surface area contributed by atoms with Gasteiger partial charge in [0, 0.05) is 20.1 Å². The van der Waals surface area contributed by atoms with Crippen molar-refractivity contribution >= 4 is 12.1 Å². The number of ether oxygens (including phenoxy) is 4. The van der Waals surface area contributed by atoms with Crippen molar-refractivity contribution in [3.8, 4) is 0 Å². The monoisotopic (exact) mass is 455 g/mol. The van der Waals surface area contributed by atoms with Gasteiger partial charge in [-0.1, -0.05) is 5.16 Å². The summed E-state index contributed by atoms with van der Waals surface area (Å²) in [7, 11) is 0. The SMILES string of the molecule is CCOC(C)OC(c1noc(C(C)(C)COC(C)=O)n1)C1CCCN1C(=O)OC(C)(C)C. The first-order valence-electron chi connectivity index (χ1n) is 11.1. The molecule has 10 nitrogen and oxygen atoms in total. The molecule has 0 saturated carbocycles. The van der Waals surface area contributed by atoms with Gasteiger partial charge in [-0.05, 0) is 61.3 Å². The molecule has 2 heterocycles. The molecule has 1 saturated heterocycles. The zero-order valence-electron chi connectivity index (χ0n) is 20.5. The second-order valence-corrected chi connectivity index (χ2v) is 9.58. The summed E-state index contributed by atoms with van der Waals surface area (Å²) in [5.41, 5.74) is -1.30. The smallest absolute Gasteiger partial charge is 0.410 e. The van der Waals surface area contributed by atoms with E-state index < -0.39 is 29.5 Å². The highest BCUT2D eigenvalue weighted by Crippen LogP contribution is 2.34. The summed E-state index contributed by atoms with van der Waals surface area (Å²) in [6, 6.07) is -0.338. The first kappa shape index (κ1) is 26.1. The lowest BCUT2D eigenvalue weighted by Gasteiger charge is -2.33. The van der Waals surface area contributed by atoms with Crippen LogP contribution in [0.3, 0.4) is 0 Å². The van der Waals surface area contributed by atoms with Crippen LogP contribution < -0.4 is 0 Å². The van der Waals surface area contributed by atoms with Crippen LogP contribution in [-0.4, -0.2) is 64.8 Å². The van der Waals surface area contributed by atoms with Crippen LogP contribution in [0.25, 0.3) is 0 Å². The molecule has 0 aromatic carbocycles. The molecule has 1 fully saturated rings. The number of hydrogen-bond acceptors (Lipinski definition) is 9. The molecule has 182 valence electrons. The summed E-state index contributed by atoms with van der Waals surface area (Å²) >= 11 is 0. The molecule has 0 spiro atoms. The molecule has 1 aromatic heterocycles. The van der Waals surface area contributed by atoms with Gasteiger partial charge < -0.3 is 28.4 Å². The summed E-state index contributed by atoms with van der Waals surface area (Å²) in [6.07, 6.45) is -0.119. The lowest BCUT2D eigenvalue weighted by molar-refractivity contribution is -0.174. The third kappa shape index (κ3) is 7.16. The maximum Gasteiger partial charge on any atom is 0.410 e. The van der Waals surface area contributed by atoms with Crippen molar-refractivity contribution in [2.45, 2.75) is 97.7 Å². The number of carbonyl (C=O) groups is 2. The fraction of sp³-hybridized carbons (Fsp3) is 0.818. The molecular weight excluding hydrogens is 418 g/mol. The van der Waals surface area contributed by atoms with Crippen LogP contribution in [-0.2, 0) is 29.2 Å². The highest BCUT2D eigenvalue weighted by Gasteiger charge is 2.42. The fourth-order valence-electron chi connectivity index (χ4n) is 3.43. The van der Waals surface area contributed by atoms with Gasteiger partial charge in [-0.15, -0.1) is 0 Å². The number of aromatic nitrogens is 2. The molecule has 32 heavy (non-hydrogen) atoms. The number of esters is 1. The number of amides is 1. The maximum absolute atomic E-state index is 12.8. The predicted molar refractivity (Wildman–Crippen MR) is 115 cm³/mol. The van der Waals surface area contributed by atoms with Crippen LogP contribution in [0.5, 0.6) is 0 Å². The van der Waals surface area contributed by atoms with Crippen LogP contribution in [0.1, 0.15) is 86.1 Å². The summed E-state index contributed by atoms with van der Waals surface area (Å²) in [5.74, 6) is 0.236. The third-order valence-electron chi connectivity index (χ3n) is 4.93. The second-order valence-electron chi connectivity index (χ2n) is 9.58. The predicted octanol–water partition coefficient (Wildman–Crippen LogP) is 3.75. The molecule has 10 heteroatoms. The Hall–Kier alpha value is -2.20. The second kappa shape index (κ2) is 10.6. The molecule has 3 atom stereocenters. The number of nitrogens with zero attached hydrogens (tertiary/aromatic N) is 3. The van der Waals surface area contributed by atoms with Gasteiger partial charge in [-0.3, -0.25) is 4.79 Å². The zero-order chi connectivity index (χ0) is 24.1. The Balaban J connectivity index is 2.30. The van der Waals surface area contributed by atoms with Crippen molar-refractivity contribution in [1.29, 1.82) is 0 Å². The van der Waals surface area contributed by atoms with Crippen LogP contribution in [0.4, 0.5) is 4.79 Å². The molecule has 0 N–H and O–H groups in total. The Kier molecular flexibility index (Phi) is 8.64. The largest absolute Gasteiger partial charge is 0.465 e. The summed E-state index contributed by atoms with van der Waals surface area (Å²) in [6.45, 7) is 15.3. The normalized spacial score (nSPS) is 19.0. The van der Waals surface area contributed by atoms with E-state index in [2.05, 4.69) is 10.1 Å². The molecule has 1 aliphatic rings. The van der Waals surface area contributed by atoms with E-state index in [1.54, 1.807) is 11.8 Å². The first-order chi connectivity index (χ1) is 14.8. The van der Waals surface area contributed by atoms with Crippen molar-refractivity contribution in [3.05, 3.63) is 11.7 Å². The van der Waals surface area contributed by atoms with Gasteiger partial charge in [0.1, 0.15) is 18.3 Å². The van der Waals surface area contributed by atoms with Crippen molar-refractivity contribution in [1.82, 2.24) is 15.0 Å². The number of hydrogen-bond donors (Lipinski definition) is 0. The topological polar surface area (TPSA) is 113 Å². The highest BCUT2D eigenvalue weighted by atomic mass is 16.7. The van der Waals surface area contributed by atoms with E-state index in [4.69, 9.17) is 23.5 Å². The van der Waals surface area contributed by atoms with Crippen LogP contribution in [0, 0.1) is 0 Å². The van der Waals surface area contributed by atoms with Gasteiger partial charge in [0.25, 0.3) is 0 Å². The van der Waals surface area contributed by atoms with Crippen LogP contribution in [0.2, 0.25) is 0 Å². The average Bonchev–Trinajstić information content (AvgIpc) is 3.33. The Labute approximate surface area is 189 Å². The van der Waals surface area contributed by atoms with E-state index in [1.165, 1.54) is 6.92 Å². The minimum absolute atomic E-state index is 0.0955. The van der Waals surface area contributed by atoms with Crippen LogP contribution >= 0.6 is 0 Å². The summed E-state index contributed by atoms with van der Waals surface area (Å²) in [4.78, 5) is 30.3. The quantitative estimate of drug-likeness (QED) is 0.406. The third-order valence-corrected chi connectivity index (χ3v) is 4.93. The van der Waals surface area contributed by atoms with E-state index in [0.717, 1.165) is 6.42 Å². The van der Waals surface area contributed by atoms with E-state index in [1.807, 2.05) is 41.5 Å². The van der Waals surface area contributed by atoms with Crippen molar-refractivity contribution < 1.29 is 33.1 Å². The minimum Gasteiger partial charge on any atom is -0.465 e. The number of rotatable bonds is 9. The van der Waals surface area contributed by atoms with E-state index in [0.29, 0.717) is 31.3 Å². The first-order valence-corrected chi connectivity index (χ1v) is 11.1. The molecule has 0 bridgehead atoms.